The van der Waals surface area contributed by atoms with E-state index in [1.165, 1.54) is 4.31 Å². The Labute approximate surface area is 120 Å². The van der Waals surface area contributed by atoms with E-state index in [1.54, 1.807) is 6.92 Å². The number of H-pyrrole nitrogens is 1. The number of hydrogen-bond acceptors (Lipinski definition) is 4. The number of aromatic amines is 1. The maximum atomic E-state index is 12.6. The second-order valence-electron chi connectivity index (χ2n) is 6.51. The normalized spacial score (nSPS) is 21.6. The monoisotopic (exact) mass is 301 g/mol. The molecule has 1 atom stereocenters. The van der Waals surface area contributed by atoms with Gasteiger partial charge in [-0.05, 0) is 24.7 Å². The maximum absolute atomic E-state index is 12.6. The van der Waals surface area contributed by atoms with Crippen LogP contribution >= 0.6 is 0 Å². The highest BCUT2D eigenvalue weighted by Crippen LogP contribution is 2.36. The Bertz CT molecular complexity index is 586. The molecule has 2 N–H and O–H groups in total. The highest BCUT2D eigenvalue weighted by atomic mass is 32.2. The molecule has 6 nitrogen and oxygen atoms in total. The fourth-order valence-corrected chi connectivity index (χ4v) is 4.26. The van der Waals surface area contributed by atoms with Gasteiger partial charge in [0.2, 0.25) is 0 Å². The van der Waals surface area contributed by atoms with Crippen LogP contribution in [0.25, 0.3) is 0 Å². The fraction of sp³-hybridized carbons (Fsp3) is 0.769. The van der Waals surface area contributed by atoms with Crippen LogP contribution in [0.5, 0.6) is 0 Å². The maximum Gasteiger partial charge on any atom is 0.262 e. The standard InChI is InChI=1S/C13H23N3O3S/c1-9-11(8-17)12(15-14-9)20(18,19)16-6-5-10(7-16)13(2,3)4/h10,17H,5-8H2,1-4H3,(H,14,15). The molecule has 1 aromatic heterocycles. The average molecular weight is 301 g/mol. The topological polar surface area (TPSA) is 86.3 Å². The Kier molecular flexibility index (Phi) is 3.96. The number of nitrogens with one attached hydrogen (secondary N) is 1. The van der Waals surface area contributed by atoms with E-state index in [1.807, 2.05) is 0 Å². The molecule has 1 aliphatic rings. The summed E-state index contributed by atoms with van der Waals surface area (Å²) < 4.78 is 26.7. The van der Waals surface area contributed by atoms with Crippen molar-refractivity contribution in [1.82, 2.24) is 14.5 Å². The zero-order valence-electron chi connectivity index (χ0n) is 12.5. The van der Waals surface area contributed by atoms with E-state index in [0.717, 1.165) is 6.42 Å². The van der Waals surface area contributed by atoms with Gasteiger partial charge in [-0.15, -0.1) is 0 Å². The number of aliphatic hydroxyl groups is 1. The minimum Gasteiger partial charge on any atom is -0.392 e. The summed E-state index contributed by atoms with van der Waals surface area (Å²) in [5, 5.41) is 15.8. The van der Waals surface area contributed by atoms with Crippen molar-refractivity contribution in [3.05, 3.63) is 11.3 Å². The third-order valence-corrected chi connectivity index (χ3v) is 5.99. The second-order valence-corrected chi connectivity index (χ2v) is 8.36. The van der Waals surface area contributed by atoms with Crippen LogP contribution < -0.4 is 0 Å². The molecule has 114 valence electrons. The number of rotatable bonds is 3. The first-order valence-electron chi connectivity index (χ1n) is 6.82. The lowest BCUT2D eigenvalue weighted by Crippen LogP contribution is -2.32. The van der Waals surface area contributed by atoms with Crippen molar-refractivity contribution < 1.29 is 13.5 Å². The van der Waals surface area contributed by atoms with Crippen LogP contribution in [-0.4, -0.2) is 41.1 Å². The van der Waals surface area contributed by atoms with Crippen LogP contribution in [0.2, 0.25) is 0 Å². The molecule has 20 heavy (non-hydrogen) atoms. The summed E-state index contributed by atoms with van der Waals surface area (Å²) in [5.41, 5.74) is 1.05. The molecule has 0 aromatic carbocycles. The van der Waals surface area contributed by atoms with E-state index >= 15 is 0 Å². The second kappa shape index (κ2) is 5.13. The summed E-state index contributed by atoms with van der Waals surface area (Å²) in [5.74, 6) is 0.342. The summed E-state index contributed by atoms with van der Waals surface area (Å²) in [6, 6.07) is 0. The minimum absolute atomic E-state index is 0.0351. The number of aliphatic hydroxyl groups excluding tert-OH is 1. The van der Waals surface area contributed by atoms with Gasteiger partial charge in [0, 0.05) is 24.3 Å². The van der Waals surface area contributed by atoms with Crippen molar-refractivity contribution >= 4 is 10.0 Å². The van der Waals surface area contributed by atoms with E-state index in [9.17, 15) is 13.5 Å². The molecular formula is C13H23N3O3S. The van der Waals surface area contributed by atoms with Gasteiger partial charge in [-0.25, -0.2) is 8.42 Å². The summed E-state index contributed by atoms with van der Waals surface area (Å²) in [7, 11) is -3.62. The SMILES string of the molecule is Cc1[nH]nc(S(=O)(=O)N2CCC(C(C)(C)C)C2)c1CO. The highest BCUT2D eigenvalue weighted by molar-refractivity contribution is 7.89. The predicted molar refractivity (Wildman–Crippen MR) is 75.6 cm³/mol. The van der Waals surface area contributed by atoms with Crippen LogP contribution in [0, 0.1) is 18.3 Å². The van der Waals surface area contributed by atoms with Gasteiger partial charge < -0.3 is 5.11 Å². The van der Waals surface area contributed by atoms with Crippen molar-refractivity contribution in [2.24, 2.45) is 11.3 Å². The van der Waals surface area contributed by atoms with Gasteiger partial charge in [0.05, 0.1) is 6.61 Å². The molecule has 2 rings (SSSR count). The summed E-state index contributed by atoms with van der Waals surface area (Å²) in [4.78, 5) is 0. The molecule has 1 aliphatic heterocycles. The highest BCUT2D eigenvalue weighted by Gasteiger charge is 2.39. The van der Waals surface area contributed by atoms with E-state index < -0.39 is 10.0 Å². The van der Waals surface area contributed by atoms with Crippen molar-refractivity contribution in [3.63, 3.8) is 0 Å². The lowest BCUT2D eigenvalue weighted by Gasteiger charge is -2.26. The lowest BCUT2D eigenvalue weighted by molar-refractivity contribution is 0.251. The summed E-state index contributed by atoms with van der Waals surface area (Å²) in [6.45, 7) is 8.81. The molecule has 0 spiro atoms. The number of hydrogen-bond donors (Lipinski definition) is 2. The van der Waals surface area contributed by atoms with Crippen molar-refractivity contribution in [2.75, 3.05) is 13.1 Å². The zero-order valence-corrected chi connectivity index (χ0v) is 13.3. The quantitative estimate of drug-likeness (QED) is 0.880. The van der Waals surface area contributed by atoms with E-state index in [2.05, 4.69) is 31.0 Å². The first-order chi connectivity index (χ1) is 9.17. The number of sulfonamides is 1. The first kappa shape index (κ1) is 15.5. The van der Waals surface area contributed by atoms with E-state index in [4.69, 9.17) is 0 Å². The molecule has 1 fully saturated rings. The smallest absolute Gasteiger partial charge is 0.262 e. The van der Waals surface area contributed by atoms with Crippen molar-refractivity contribution in [1.29, 1.82) is 0 Å². The zero-order chi connectivity index (χ0) is 15.1. The van der Waals surface area contributed by atoms with Gasteiger partial charge in [-0.3, -0.25) is 5.10 Å². The Morgan fingerprint density at radius 2 is 2.10 bits per heavy atom. The molecule has 0 amide bonds. The van der Waals surface area contributed by atoms with E-state index in [0.29, 0.717) is 30.3 Å². The summed E-state index contributed by atoms with van der Waals surface area (Å²) >= 11 is 0. The Hall–Kier alpha value is -0.920. The van der Waals surface area contributed by atoms with Gasteiger partial charge in [0.25, 0.3) is 10.0 Å². The van der Waals surface area contributed by atoms with Crippen LogP contribution in [0.3, 0.4) is 0 Å². The van der Waals surface area contributed by atoms with Gasteiger partial charge >= 0.3 is 0 Å². The number of aromatic nitrogens is 2. The van der Waals surface area contributed by atoms with Gasteiger partial charge in [-0.2, -0.15) is 9.40 Å². The van der Waals surface area contributed by atoms with Gasteiger partial charge in [-0.1, -0.05) is 20.8 Å². The fourth-order valence-electron chi connectivity index (χ4n) is 2.61. The molecule has 7 heteroatoms. The molecule has 0 radical (unpaired) electrons. The van der Waals surface area contributed by atoms with Crippen LogP contribution in [-0.2, 0) is 16.6 Å². The van der Waals surface area contributed by atoms with Crippen molar-refractivity contribution in [2.45, 2.75) is 45.7 Å². The average Bonchev–Trinajstić information content (AvgIpc) is 2.94. The number of nitrogens with zero attached hydrogens (tertiary/aromatic N) is 2. The number of aryl methyl sites for hydroxylation is 1. The van der Waals surface area contributed by atoms with Gasteiger partial charge in [0.15, 0.2) is 5.03 Å². The Morgan fingerprint density at radius 3 is 2.60 bits per heavy atom. The molecule has 1 unspecified atom stereocenters. The molecule has 2 heterocycles. The molecule has 0 saturated carbocycles. The van der Waals surface area contributed by atoms with Crippen LogP contribution in [0.1, 0.15) is 38.4 Å². The molecule has 0 bridgehead atoms. The minimum atomic E-state index is -3.62. The third kappa shape index (κ3) is 2.62. The Morgan fingerprint density at radius 1 is 1.45 bits per heavy atom. The van der Waals surface area contributed by atoms with E-state index in [-0.39, 0.29) is 17.0 Å². The van der Waals surface area contributed by atoms with Crippen LogP contribution in [0.4, 0.5) is 0 Å². The van der Waals surface area contributed by atoms with Crippen molar-refractivity contribution in [3.8, 4) is 0 Å². The van der Waals surface area contributed by atoms with Gasteiger partial charge in [0.1, 0.15) is 0 Å². The predicted octanol–water partition coefficient (Wildman–Crippen LogP) is 1.27. The first-order valence-corrected chi connectivity index (χ1v) is 8.26. The Balaban J connectivity index is 2.29. The molecule has 1 aromatic rings. The molecular weight excluding hydrogens is 278 g/mol. The largest absolute Gasteiger partial charge is 0.392 e. The third-order valence-electron chi connectivity index (χ3n) is 4.15. The lowest BCUT2D eigenvalue weighted by atomic mass is 9.80. The molecule has 1 saturated heterocycles. The van der Waals surface area contributed by atoms with Crippen LogP contribution in [0.15, 0.2) is 5.03 Å². The molecule has 0 aliphatic carbocycles. The summed E-state index contributed by atoms with van der Waals surface area (Å²) in [6.07, 6.45) is 0.862.